The zero-order valence-electron chi connectivity index (χ0n) is 10.4. The van der Waals surface area contributed by atoms with Crippen LogP contribution >= 0.6 is 11.6 Å². The van der Waals surface area contributed by atoms with Gasteiger partial charge in [0, 0.05) is 10.6 Å². The number of halogens is 1. The molecule has 0 saturated heterocycles. The molecule has 1 fully saturated rings. The van der Waals surface area contributed by atoms with Gasteiger partial charge in [0.25, 0.3) is 0 Å². The Balaban J connectivity index is 2.59. The molecule has 1 aromatic rings. The van der Waals surface area contributed by atoms with Crippen molar-refractivity contribution >= 4 is 17.6 Å². The molecule has 0 aliphatic heterocycles. The summed E-state index contributed by atoms with van der Waals surface area (Å²) >= 11 is 6.00. The summed E-state index contributed by atoms with van der Waals surface area (Å²) in [6, 6.07) is 3.25. The summed E-state index contributed by atoms with van der Waals surface area (Å²) in [7, 11) is 0. The van der Waals surface area contributed by atoms with Gasteiger partial charge in [0.05, 0.1) is 5.41 Å². The van der Waals surface area contributed by atoms with Crippen LogP contribution in [0.4, 0.5) is 0 Å². The SMILES string of the molecule is Cc1cc(Cl)cc(C2(C(=O)O)CCCCC2)c1O. The molecule has 0 radical (unpaired) electrons. The Bertz CT molecular complexity index is 476. The Hall–Kier alpha value is -1.22. The Morgan fingerprint density at radius 3 is 2.44 bits per heavy atom. The smallest absolute Gasteiger partial charge is 0.314 e. The molecule has 2 N–H and O–H groups in total. The molecule has 0 aromatic heterocycles. The van der Waals surface area contributed by atoms with Crippen molar-refractivity contribution in [3.8, 4) is 5.75 Å². The van der Waals surface area contributed by atoms with E-state index in [1.54, 1.807) is 19.1 Å². The number of carbonyl (C=O) groups is 1. The fraction of sp³-hybridized carbons (Fsp3) is 0.500. The van der Waals surface area contributed by atoms with Gasteiger partial charge in [0.2, 0.25) is 0 Å². The van der Waals surface area contributed by atoms with Crippen LogP contribution in [0.15, 0.2) is 12.1 Å². The molecule has 0 heterocycles. The first-order valence-electron chi connectivity index (χ1n) is 6.20. The topological polar surface area (TPSA) is 57.5 Å². The predicted molar refractivity (Wildman–Crippen MR) is 70.3 cm³/mol. The molecule has 1 aliphatic rings. The normalized spacial score (nSPS) is 18.6. The van der Waals surface area contributed by atoms with E-state index in [9.17, 15) is 15.0 Å². The highest BCUT2D eigenvalue weighted by Crippen LogP contribution is 2.45. The molecule has 3 nitrogen and oxygen atoms in total. The van der Waals surface area contributed by atoms with Gasteiger partial charge in [-0.3, -0.25) is 4.79 Å². The van der Waals surface area contributed by atoms with Crippen LogP contribution < -0.4 is 0 Å². The van der Waals surface area contributed by atoms with Crippen LogP contribution in [0.1, 0.15) is 43.2 Å². The van der Waals surface area contributed by atoms with Gasteiger partial charge < -0.3 is 10.2 Å². The van der Waals surface area contributed by atoms with E-state index in [2.05, 4.69) is 0 Å². The Kier molecular flexibility index (Phi) is 3.53. The number of aryl methyl sites for hydroxylation is 1. The number of rotatable bonds is 2. The van der Waals surface area contributed by atoms with E-state index in [4.69, 9.17) is 11.6 Å². The third-order valence-corrected chi connectivity index (χ3v) is 4.12. The molecule has 4 heteroatoms. The van der Waals surface area contributed by atoms with Crippen LogP contribution in [-0.2, 0) is 10.2 Å². The first-order chi connectivity index (χ1) is 8.47. The van der Waals surface area contributed by atoms with Crippen molar-refractivity contribution in [1.29, 1.82) is 0 Å². The number of carboxylic acids is 1. The van der Waals surface area contributed by atoms with Gasteiger partial charge >= 0.3 is 5.97 Å². The largest absolute Gasteiger partial charge is 0.507 e. The van der Waals surface area contributed by atoms with Crippen LogP contribution in [0.3, 0.4) is 0 Å². The monoisotopic (exact) mass is 268 g/mol. The van der Waals surface area contributed by atoms with E-state index in [1.165, 1.54) is 0 Å². The van der Waals surface area contributed by atoms with E-state index in [0.717, 1.165) is 19.3 Å². The van der Waals surface area contributed by atoms with Gasteiger partial charge in [0.1, 0.15) is 5.75 Å². The predicted octanol–water partition coefficient (Wildman–Crippen LogP) is 3.64. The minimum Gasteiger partial charge on any atom is -0.507 e. The second-order valence-electron chi connectivity index (χ2n) is 5.07. The lowest BCUT2D eigenvalue weighted by Crippen LogP contribution is -2.38. The standard InChI is InChI=1S/C14H17ClO3/c1-9-7-10(15)8-11(12(9)16)14(13(17)18)5-3-2-4-6-14/h7-8,16H,2-6H2,1H3,(H,17,18). The van der Waals surface area contributed by atoms with Gasteiger partial charge in [-0.1, -0.05) is 30.9 Å². The van der Waals surface area contributed by atoms with Crippen molar-refractivity contribution in [2.45, 2.75) is 44.4 Å². The van der Waals surface area contributed by atoms with E-state index >= 15 is 0 Å². The quantitative estimate of drug-likeness (QED) is 0.861. The second-order valence-corrected chi connectivity index (χ2v) is 5.50. The van der Waals surface area contributed by atoms with Gasteiger partial charge in [-0.2, -0.15) is 0 Å². The summed E-state index contributed by atoms with van der Waals surface area (Å²) in [6.45, 7) is 1.74. The summed E-state index contributed by atoms with van der Waals surface area (Å²) < 4.78 is 0. The lowest BCUT2D eigenvalue weighted by atomic mass is 9.69. The molecule has 0 amide bonds. The number of phenols is 1. The first-order valence-corrected chi connectivity index (χ1v) is 6.58. The van der Waals surface area contributed by atoms with E-state index < -0.39 is 11.4 Å². The third kappa shape index (κ3) is 2.07. The molecule has 98 valence electrons. The van der Waals surface area contributed by atoms with Gasteiger partial charge in [-0.15, -0.1) is 0 Å². The minimum atomic E-state index is -0.974. The van der Waals surface area contributed by atoms with E-state index in [1.807, 2.05) is 0 Å². The van der Waals surface area contributed by atoms with Crippen LogP contribution in [0, 0.1) is 6.92 Å². The molecule has 1 aromatic carbocycles. The number of hydrogen-bond acceptors (Lipinski definition) is 2. The summed E-state index contributed by atoms with van der Waals surface area (Å²) in [4.78, 5) is 11.7. The van der Waals surface area contributed by atoms with Crippen molar-refractivity contribution in [3.05, 3.63) is 28.3 Å². The van der Waals surface area contributed by atoms with E-state index in [-0.39, 0.29) is 5.75 Å². The highest BCUT2D eigenvalue weighted by molar-refractivity contribution is 6.30. The lowest BCUT2D eigenvalue weighted by Gasteiger charge is -2.34. The molecule has 1 aliphatic carbocycles. The molecule has 0 atom stereocenters. The zero-order valence-corrected chi connectivity index (χ0v) is 11.1. The molecular weight excluding hydrogens is 252 g/mol. The Labute approximate surface area is 111 Å². The summed E-state index contributed by atoms with van der Waals surface area (Å²) in [5.74, 6) is -0.789. The molecule has 18 heavy (non-hydrogen) atoms. The first kappa shape index (κ1) is 13.2. The van der Waals surface area contributed by atoms with Crippen LogP contribution in [0.2, 0.25) is 5.02 Å². The average molecular weight is 269 g/mol. The number of phenolic OH excluding ortho intramolecular Hbond substituents is 1. The minimum absolute atomic E-state index is 0.0729. The van der Waals surface area contributed by atoms with Gasteiger partial charge in [-0.05, 0) is 37.5 Å². The molecule has 0 spiro atoms. The van der Waals surface area contributed by atoms with Crippen LogP contribution in [-0.4, -0.2) is 16.2 Å². The van der Waals surface area contributed by atoms with Crippen molar-refractivity contribution in [3.63, 3.8) is 0 Å². The van der Waals surface area contributed by atoms with E-state index in [0.29, 0.717) is 29.0 Å². The van der Waals surface area contributed by atoms with Crippen LogP contribution in [0.5, 0.6) is 5.75 Å². The maximum atomic E-state index is 11.7. The third-order valence-electron chi connectivity index (χ3n) is 3.90. The molecule has 0 unspecified atom stereocenters. The van der Waals surface area contributed by atoms with Crippen molar-refractivity contribution in [1.82, 2.24) is 0 Å². The Morgan fingerprint density at radius 1 is 1.28 bits per heavy atom. The average Bonchev–Trinajstić information content (AvgIpc) is 2.34. The second kappa shape index (κ2) is 4.81. The lowest BCUT2D eigenvalue weighted by molar-refractivity contribution is -0.145. The number of aliphatic carboxylic acids is 1. The maximum Gasteiger partial charge on any atom is 0.314 e. The highest BCUT2D eigenvalue weighted by Gasteiger charge is 2.43. The number of benzene rings is 1. The Morgan fingerprint density at radius 2 is 1.89 bits per heavy atom. The number of hydrogen-bond donors (Lipinski definition) is 2. The molecule has 0 bridgehead atoms. The van der Waals surface area contributed by atoms with Crippen molar-refractivity contribution < 1.29 is 15.0 Å². The fourth-order valence-corrected chi connectivity index (χ4v) is 3.13. The molecule has 1 saturated carbocycles. The van der Waals surface area contributed by atoms with Crippen molar-refractivity contribution in [2.75, 3.05) is 0 Å². The van der Waals surface area contributed by atoms with Gasteiger partial charge in [0.15, 0.2) is 0 Å². The highest BCUT2D eigenvalue weighted by atomic mass is 35.5. The van der Waals surface area contributed by atoms with Crippen molar-refractivity contribution in [2.24, 2.45) is 0 Å². The molecular formula is C14H17ClO3. The summed E-state index contributed by atoms with van der Waals surface area (Å²) in [6.07, 6.45) is 3.93. The fourth-order valence-electron chi connectivity index (χ4n) is 2.85. The zero-order chi connectivity index (χ0) is 13.3. The summed E-state index contributed by atoms with van der Waals surface area (Å²) in [5, 5.41) is 20.2. The number of carboxylic acid groups (broad SMARTS) is 1. The number of aromatic hydroxyl groups is 1. The van der Waals surface area contributed by atoms with Gasteiger partial charge in [-0.25, -0.2) is 0 Å². The maximum absolute atomic E-state index is 11.7. The van der Waals surface area contributed by atoms with Crippen LogP contribution in [0.25, 0.3) is 0 Å². The molecule has 2 rings (SSSR count). The summed E-state index contributed by atoms with van der Waals surface area (Å²) in [5.41, 5.74) is 0.126.